The summed E-state index contributed by atoms with van der Waals surface area (Å²) >= 11 is 0. The van der Waals surface area contributed by atoms with Gasteiger partial charge in [0.1, 0.15) is 204 Å². The molecule has 0 amide bonds. The molecule has 2 aliphatic carbocycles. The third-order valence-corrected chi connectivity index (χ3v) is 22.9. The largest absolute Gasteiger partial charge is 0.375 e. The molecule has 2 saturated carbocycles. The van der Waals surface area contributed by atoms with E-state index in [1.807, 2.05) is 0 Å². The van der Waals surface area contributed by atoms with E-state index in [-0.39, 0.29) is 12.2 Å². The van der Waals surface area contributed by atoms with Gasteiger partial charge in [-0.15, -0.1) is 49.2 Å². The summed E-state index contributed by atoms with van der Waals surface area (Å²) in [6, 6.07) is 0. The van der Waals surface area contributed by atoms with Gasteiger partial charge in [0, 0.05) is 0 Å². The lowest BCUT2D eigenvalue weighted by molar-refractivity contribution is 0.00422. The highest BCUT2D eigenvalue weighted by Gasteiger charge is 2.62. The Morgan fingerprint density at radius 3 is 0.986 bits per heavy atom. The zero-order valence-corrected chi connectivity index (χ0v) is 48.3. The van der Waals surface area contributed by atoms with Gasteiger partial charge in [-0.05, 0) is 84.3 Å². The Morgan fingerprint density at radius 1 is 0.217 bits per heavy atom. The molecule has 27 heteroatoms. The SMILES string of the molecule is Bc1c(B)c(B)c(C2C(B)C(B)C(B)C3OC4C(B)C(B)C(c5c6c(B)c(B)c(B)c(B)c6c(-c6c(B)c(B)c7c(B)c(B)c(B)c(B)c7c6B)c6c(B)c(B)c(B)c(B)c56)C(B)C4C32)c(B)c1B. The second-order valence-corrected chi connectivity index (χ2v) is 24.8. The predicted octanol–water partition coefficient (Wildman–Crippen LogP) is -29.6. The molecule has 0 spiro atoms. The van der Waals surface area contributed by atoms with Gasteiger partial charge in [-0.1, -0.05) is 88.9 Å². The number of hydrogen-bond acceptors (Lipinski definition) is 1. The van der Waals surface area contributed by atoms with Gasteiger partial charge in [0.05, 0.1) is 12.2 Å². The molecule has 1 aliphatic heterocycles. The highest BCUT2D eigenvalue weighted by atomic mass is 16.5. The van der Waals surface area contributed by atoms with Crippen LogP contribution in [0.15, 0.2) is 0 Å². The molecule has 3 fully saturated rings. The van der Waals surface area contributed by atoms with E-state index in [0.717, 1.165) is 0 Å². The molecule has 12 unspecified atom stereocenters. The molecule has 0 radical (unpaired) electrons. The average molecular weight is 866 g/mol. The maximum atomic E-state index is 7.77. The van der Waals surface area contributed by atoms with Crippen molar-refractivity contribution in [3.63, 3.8) is 0 Å². The van der Waals surface area contributed by atoms with Gasteiger partial charge in [0.15, 0.2) is 0 Å². The van der Waals surface area contributed by atoms with Crippen molar-refractivity contribution >= 4 is 346 Å². The number of benzene rings is 6. The summed E-state index contributed by atoms with van der Waals surface area (Å²) in [5.41, 5.74) is 35.5. The molecule has 0 N–H and O–H groups in total. The van der Waals surface area contributed by atoms with Gasteiger partial charge in [0.25, 0.3) is 0 Å². The fourth-order valence-corrected chi connectivity index (χ4v) is 16.8. The van der Waals surface area contributed by atoms with E-state index in [9.17, 15) is 0 Å². The molecular weight excluding hydrogens is 802 g/mol. The maximum absolute atomic E-state index is 7.77. The van der Waals surface area contributed by atoms with Gasteiger partial charge in [-0.25, -0.2) is 0 Å². The van der Waals surface area contributed by atoms with Crippen LogP contribution in [0.25, 0.3) is 43.4 Å². The van der Waals surface area contributed by atoms with Crippen molar-refractivity contribution in [2.45, 2.75) is 58.9 Å². The number of fused-ring (bicyclic) bond motifs is 6. The Bertz CT molecular complexity index is 3180. The highest BCUT2D eigenvalue weighted by Crippen LogP contribution is 2.68. The molecule has 9 rings (SSSR count). The summed E-state index contributed by atoms with van der Waals surface area (Å²) in [4.78, 5) is 0. The standard InChI is InChI=1S/C42H64B26O/c43-15-9(22(50)23(51)13-12(15)26(54)33(61)34(62)27(13)55)1-3-5(19(47)31(59)29(57)17(3)45)2(6-4(1)18(46)30(58)32(60)20(6)48)10-16(44)14-8-7(11-24(52)35(63)38(66)36(64)25(11)53)21(49)37(65)40(68)41(8)69-42(14)39(67)28(10)56/h7-8,10,14,16,21,28,37,39-42H,43-68H2. The molecule has 1 nitrogen and oxygen atoms in total. The van der Waals surface area contributed by atoms with Crippen LogP contribution in [0.4, 0.5) is 0 Å². The van der Waals surface area contributed by atoms with Crippen LogP contribution in [0, 0.1) is 11.8 Å². The van der Waals surface area contributed by atoms with E-state index in [2.05, 4.69) is 204 Å². The molecule has 0 bridgehead atoms. The quantitative estimate of drug-likeness (QED) is 0.127. The lowest BCUT2D eigenvalue weighted by Crippen LogP contribution is -2.58. The first-order chi connectivity index (χ1) is 32.2. The van der Waals surface area contributed by atoms with Crippen LogP contribution in [0.3, 0.4) is 0 Å². The Morgan fingerprint density at radius 2 is 0.536 bits per heavy atom. The van der Waals surface area contributed by atoms with Crippen molar-refractivity contribution in [2.24, 2.45) is 11.8 Å². The van der Waals surface area contributed by atoms with Crippen molar-refractivity contribution in [3.05, 3.63) is 11.1 Å². The minimum Gasteiger partial charge on any atom is -0.375 e. The first kappa shape index (κ1) is 51.6. The van der Waals surface area contributed by atoms with E-state index in [0.29, 0.717) is 58.6 Å². The van der Waals surface area contributed by atoms with E-state index in [4.69, 9.17) is 4.74 Å². The second kappa shape index (κ2) is 17.7. The molecule has 12 atom stereocenters. The maximum Gasteiger partial charge on any atom is 0.140 e. The summed E-state index contributed by atoms with van der Waals surface area (Å²) in [6.07, 6.45) is 0.505. The van der Waals surface area contributed by atoms with Gasteiger partial charge in [0.2, 0.25) is 0 Å². The number of hydrogen-bond donors (Lipinski definition) is 0. The monoisotopic (exact) mass is 871 g/mol. The summed E-state index contributed by atoms with van der Waals surface area (Å²) < 4.78 is 7.77. The molecule has 316 valence electrons. The van der Waals surface area contributed by atoms with Crippen molar-refractivity contribution in [2.75, 3.05) is 0 Å². The summed E-state index contributed by atoms with van der Waals surface area (Å²) in [7, 11) is 64.1. The minimum absolute atomic E-state index is 0.247. The fourth-order valence-electron chi connectivity index (χ4n) is 16.8. The third-order valence-electron chi connectivity index (χ3n) is 22.9. The summed E-state index contributed by atoms with van der Waals surface area (Å²) in [5.74, 6) is 4.64. The van der Waals surface area contributed by atoms with Crippen molar-refractivity contribution in [1.29, 1.82) is 0 Å². The average Bonchev–Trinajstić information content (AvgIpc) is 3.72. The van der Waals surface area contributed by atoms with Crippen LogP contribution in [0.5, 0.6) is 0 Å². The van der Waals surface area contributed by atoms with Crippen molar-refractivity contribution in [1.82, 2.24) is 0 Å². The molecular formula is C42H64B26O. The summed E-state index contributed by atoms with van der Waals surface area (Å²) in [5, 5.41) is 9.03. The molecule has 1 heterocycles. The van der Waals surface area contributed by atoms with E-state index in [1.165, 1.54) is 142 Å². The first-order valence-electron chi connectivity index (χ1n) is 27.3. The third kappa shape index (κ3) is 6.83. The van der Waals surface area contributed by atoms with Gasteiger partial charge < -0.3 is 4.74 Å². The lowest BCUT2D eigenvalue weighted by Gasteiger charge is -2.53. The predicted molar refractivity (Wildman–Crippen MR) is 389 cm³/mol. The van der Waals surface area contributed by atoms with Crippen LogP contribution in [-0.4, -0.2) is 216 Å². The second-order valence-electron chi connectivity index (χ2n) is 24.8. The number of rotatable bonds is 3. The van der Waals surface area contributed by atoms with Crippen LogP contribution in [0.1, 0.15) is 23.0 Å². The first-order valence-corrected chi connectivity index (χ1v) is 27.3. The summed E-state index contributed by atoms with van der Waals surface area (Å²) in [6.45, 7) is 0. The smallest absolute Gasteiger partial charge is 0.140 e. The van der Waals surface area contributed by atoms with Crippen molar-refractivity contribution in [3.8, 4) is 11.1 Å². The zero-order valence-electron chi connectivity index (χ0n) is 48.3. The molecule has 0 aromatic heterocycles. The van der Waals surface area contributed by atoms with E-state index in [1.54, 1.807) is 21.9 Å². The van der Waals surface area contributed by atoms with E-state index >= 15 is 0 Å². The van der Waals surface area contributed by atoms with Crippen LogP contribution >= 0.6 is 0 Å². The van der Waals surface area contributed by atoms with Gasteiger partial charge >= 0.3 is 0 Å². The Kier molecular flexibility index (Phi) is 13.3. The highest BCUT2D eigenvalue weighted by molar-refractivity contribution is 6.75. The number of ether oxygens (including phenoxy) is 1. The molecule has 1 saturated heterocycles. The topological polar surface area (TPSA) is 9.23 Å². The fraction of sp³-hybridized carbons (Fsp3) is 0.286. The van der Waals surface area contributed by atoms with Gasteiger partial charge in [-0.2, -0.15) is 0 Å². The van der Waals surface area contributed by atoms with Crippen molar-refractivity contribution < 1.29 is 4.74 Å². The molecule has 69 heavy (non-hydrogen) atoms. The lowest BCUT2D eigenvalue weighted by atomic mass is 9.37. The molecule has 6 aromatic carbocycles. The van der Waals surface area contributed by atoms with E-state index < -0.39 is 0 Å². The van der Waals surface area contributed by atoms with Crippen LogP contribution in [-0.2, 0) is 4.74 Å². The molecule has 3 aliphatic rings. The Labute approximate surface area is 440 Å². The van der Waals surface area contributed by atoms with Gasteiger partial charge in [-0.3, -0.25) is 0 Å². The molecule has 6 aromatic rings. The Balaban J connectivity index is 1.44. The minimum atomic E-state index is 0.247. The normalized spacial score (nSPS) is 27.7. The Hall–Kier alpha value is -2.25. The van der Waals surface area contributed by atoms with Crippen LogP contribution in [0.2, 0.25) is 34.9 Å². The zero-order chi connectivity index (χ0) is 51.0. The van der Waals surface area contributed by atoms with Crippen LogP contribution < -0.4 is 109 Å².